The molecule has 27 heavy (non-hydrogen) atoms. The molecule has 1 atom stereocenters. The maximum absolute atomic E-state index is 12.6. The van der Waals surface area contributed by atoms with Crippen LogP contribution in [0.25, 0.3) is 0 Å². The van der Waals surface area contributed by atoms with E-state index in [1.165, 1.54) is 0 Å². The van der Waals surface area contributed by atoms with Crippen LogP contribution in [0.1, 0.15) is 31.0 Å². The Bertz CT molecular complexity index is 554. The second-order valence-corrected chi connectivity index (χ2v) is 6.81. The van der Waals surface area contributed by atoms with E-state index < -0.39 is 11.9 Å². The molecule has 0 aliphatic heterocycles. The van der Waals surface area contributed by atoms with Crippen molar-refractivity contribution in [1.29, 1.82) is 0 Å². The van der Waals surface area contributed by atoms with E-state index in [2.05, 4.69) is 25.5 Å². The normalized spacial score (nSPS) is 13.4. The Kier molecular flexibility index (Phi) is 13.2. The molecule has 11 heteroatoms. The molecule has 0 saturated heterocycles. The zero-order valence-electron chi connectivity index (χ0n) is 16.1. The molecule has 2 N–H and O–H groups in total. The number of hydrogen-bond donors (Lipinski definition) is 2. The summed E-state index contributed by atoms with van der Waals surface area (Å²) >= 11 is 0.956. The summed E-state index contributed by atoms with van der Waals surface area (Å²) in [6.45, 7) is 6.70. The molecule has 0 bridgehead atoms. The van der Waals surface area contributed by atoms with Gasteiger partial charge >= 0.3 is 6.18 Å². The molecule has 1 aromatic heterocycles. The summed E-state index contributed by atoms with van der Waals surface area (Å²) < 4.78 is 43.5. The molecule has 0 radical (unpaired) electrons. The number of alkyl halides is 3. The zero-order valence-corrected chi connectivity index (χ0v) is 19.2. The van der Waals surface area contributed by atoms with Crippen molar-refractivity contribution in [1.82, 2.24) is 20.5 Å². The fourth-order valence-corrected chi connectivity index (χ4v) is 2.82. The Hall–Kier alpha value is -0.660. The molecular formula is C16H29F3IN5OS. The molecule has 1 heterocycles. The highest BCUT2D eigenvalue weighted by molar-refractivity contribution is 14.0. The minimum absolute atomic E-state index is 0. The van der Waals surface area contributed by atoms with E-state index in [-0.39, 0.29) is 36.6 Å². The molecular weight excluding hydrogens is 494 g/mol. The third-order valence-corrected chi connectivity index (χ3v) is 4.19. The minimum Gasteiger partial charge on any atom is -0.377 e. The number of rotatable bonds is 10. The van der Waals surface area contributed by atoms with Gasteiger partial charge in [0.15, 0.2) is 11.7 Å². The standard InChI is InChI=1S/C16H28F3N5OS.HI/c1-5-20-15(21-9-12(25-6-2)7-8-24(3)4)22-10-14-23-13(11-26-14)16(17,18)19;/h11-12H,5-10H2,1-4H3,(H2,20,21,22);1H. The number of halogens is 4. The molecule has 0 fully saturated rings. The van der Waals surface area contributed by atoms with E-state index in [1.807, 2.05) is 27.9 Å². The average molecular weight is 523 g/mol. The summed E-state index contributed by atoms with van der Waals surface area (Å²) in [4.78, 5) is 9.99. The van der Waals surface area contributed by atoms with Crippen LogP contribution >= 0.6 is 35.3 Å². The molecule has 1 aromatic rings. The van der Waals surface area contributed by atoms with Gasteiger partial charge in [-0.2, -0.15) is 13.2 Å². The summed E-state index contributed by atoms with van der Waals surface area (Å²) in [6.07, 6.45) is -3.52. The largest absolute Gasteiger partial charge is 0.434 e. The molecule has 1 rings (SSSR count). The monoisotopic (exact) mass is 523 g/mol. The van der Waals surface area contributed by atoms with Crippen molar-refractivity contribution in [2.24, 2.45) is 4.99 Å². The average Bonchev–Trinajstić information content (AvgIpc) is 3.04. The van der Waals surface area contributed by atoms with Crippen LogP contribution < -0.4 is 10.6 Å². The van der Waals surface area contributed by atoms with E-state index in [1.54, 1.807) is 0 Å². The fourth-order valence-electron chi connectivity index (χ4n) is 2.09. The van der Waals surface area contributed by atoms with Crippen LogP contribution in [0.4, 0.5) is 13.2 Å². The maximum atomic E-state index is 12.6. The third-order valence-electron chi connectivity index (χ3n) is 3.36. The van der Waals surface area contributed by atoms with Gasteiger partial charge in [0.25, 0.3) is 0 Å². The molecule has 0 aliphatic rings. The lowest BCUT2D eigenvalue weighted by Gasteiger charge is -2.21. The van der Waals surface area contributed by atoms with Gasteiger partial charge in [-0.15, -0.1) is 35.3 Å². The van der Waals surface area contributed by atoms with Gasteiger partial charge in [0.1, 0.15) is 5.01 Å². The van der Waals surface area contributed by atoms with Gasteiger partial charge in [-0.3, -0.25) is 0 Å². The van der Waals surface area contributed by atoms with Crippen LogP contribution in [-0.4, -0.2) is 62.3 Å². The van der Waals surface area contributed by atoms with Gasteiger partial charge in [0.05, 0.1) is 12.6 Å². The summed E-state index contributed by atoms with van der Waals surface area (Å²) in [7, 11) is 4.01. The number of nitrogens with one attached hydrogen (secondary N) is 2. The summed E-state index contributed by atoms with van der Waals surface area (Å²) in [5, 5.41) is 7.60. The number of ether oxygens (including phenoxy) is 1. The molecule has 0 amide bonds. The Morgan fingerprint density at radius 3 is 2.56 bits per heavy atom. The predicted octanol–water partition coefficient (Wildman–Crippen LogP) is 3.19. The second-order valence-electron chi connectivity index (χ2n) is 5.87. The summed E-state index contributed by atoms with van der Waals surface area (Å²) in [5.74, 6) is 0.533. The zero-order chi connectivity index (χ0) is 19.6. The van der Waals surface area contributed by atoms with Crippen molar-refractivity contribution >= 4 is 41.3 Å². The van der Waals surface area contributed by atoms with E-state index in [9.17, 15) is 13.2 Å². The molecule has 0 aliphatic carbocycles. The number of thiazole rings is 1. The van der Waals surface area contributed by atoms with E-state index in [4.69, 9.17) is 4.74 Å². The lowest BCUT2D eigenvalue weighted by Crippen LogP contribution is -2.42. The molecule has 0 spiro atoms. The SMILES string of the molecule is CCNC(=NCc1nc(C(F)(F)F)cs1)NCC(CCN(C)C)OCC.I. The summed E-state index contributed by atoms with van der Waals surface area (Å²) in [5.41, 5.74) is -0.870. The smallest absolute Gasteiger partial charge is 0.377 e. The number of hydrogen-bond acceptors (Lipinski definition) is 5. The Labute approximate surface area is 180 Å². The van der Waals surface area contributed by atoms with Crippen molar-refractivity contribution in [3.8, 4) is 0 Å². The van der Waals surface area contributed by atoms with Crippen molar-refractivity contribution in [2.45, 2.75) is 39.1 Å². The predicted molar refractivity (Wildman–Crippen MR) is 114 cm³/mol. The summed E-state index contributed by atoms with van der Waals surface area (Å²) in [6, 6.07) is 0. The number of nitrogens with zero attached hydrogens (tertiary/aromatic N) is 3. The van der Waals surface area contributed by atoms with Crippen LogP contribution in [-0.2, 0) is 17.5 Å². The molecule has 0 aromatic carbocycles. The number of aliphatic imine (C=N–C) groups is 1. The second kappa shape index (κ2) is 13.5. The fraction of sp³-hybridized carbons (Fsp3) is 0.750. The highest BCUT2D eigenvalue weighted by Crippen LogP contribution is 2.30. The van der Waals surface area contributed by atoms with E-state index in [0.29, 0.717) is 30.7 Å². The molecule has 0 saturated carbocycles. The Morgan fingerprint density at radius 2 is 2.04 bits per heavy atom. The van der Waals surface area contributed by atoms with Gasteiger partial charge in [-0.1, -0.05) is 0 Å². The van der Waals surface area contributed by atoms with Crippen LogP contribution in [0.5, 0.6) is 0 Å². The van der Waals surface area contributed by atoms with Gasteiger partial charge in [-0.25, -0.2) is 9.98 Å². The lowest BCUT2D eigenvalue weighted by molar-refractivity contribution is -0.140. The first-order valence-corrected chi connectivity index (χ1v) is 9.44. The first kappa shape index (κ1) is 26.3. The Balaban J connectivity index is 0.00000676. The van der Waals surface area contributed by atoms with Crippen molar-refractivity contribution in [2.75, 3.05) is 40.3 Å². The van der Waals surface area contributed by atoms with Gasteiger partial charge < -0.3 is 20.3 Å². The van der Waals surface area contributed by atoms with Crippen LogP contribution in [0.2, 0.25) is 0 Å². The molecule has 6 nitrogen and oxygen atoms in total. The first-order valence-electron chi connectivity index (χ1n) is 8.56. The van der Waals surface area contributed by atoms with Crippen LogP contribution in [0.3, 0.4) is 0 Å². The molecule has 1 unspecified atom stereocenters. The lowest BCUT2D eigenvalue weighted by atomic mass is 10.2. The quantitative estimate of drug-likeness (QED) is 0.280. The van der Waals surface area contributed by atoms with Crippen LogP contribution in [0.15, 0.2) is 10.4 Å². The minimum atomic E-state index is -4.42. The highest BCUT2D eigenvalue weighted by atomic mass is 127. The van der Waals surface area contributed by atoms with Crippen molar-refractivity contribution in [3.63, 3.8) is 0 Å². The highest BCUT2D eigenvalue weighted by Gasteiger charge is 2.33. The third kappa shape index (κ3) is 11.1. The van der Waals surface area contributed by atoms with E-state index >= 15 is 0 Å². The van der Waals surface area contributed by atoms with Gasteiger partial charge in [-0.05, 0) is 34.4 Å². The molecule has 158 valence electrons. The number of aromatic nitrogens is 1. The topological polar surface area (TPSA) is 61.8 Å². The van der Waals surface area contributed by atoms with E-state index in [0.717, 1.165) is 29.7 Å². The van der Waals surface area contributed by atoms with Crippen LogP contribution in [0, 0.1) is 0 Å². The number of guanidine groups is 1. The first-order chi connectivity index (χ1) is 12.3. The van der Waals surface area contributed by atoms with Crippen molar-refractivity contribution < 1.29 is 17.9 Å². The Morgan fingerprint density at radius 1 is 1.33 bits per heavy atom. The maximum Gasteiger partial charge on any atom is 0.434 e. The van der Waals surface area contributed by atoms with Gasteiger partial charge in [0.2, 0.25) is 0 Å². The van der Waals surface area contributed by atoms with Crippen molar-refractivity contribution in [3.05, 3.63) is 16.1 Å². The van der Waals surface area contributed by atoms with Gasteiger partial charge in [0, 0.05) is 31.6 Å².